The van der Waals surface area contributed by atoms with E-state index >= 15 is 0 Å². The molecule has 1 atom stereocenters. The summed E-state index contributed by atoms with van der Waals surface area (Å²) < 4.78 is 1.84. The van der Waals surface area contributed by atoms with E-state index in [0.29, 0.717) is 6.54 Å². The Bertz CT molecular complexity index is 847. The van der Waals surface area contributed by atoms with Gasteiger partial charge in [0.2, 0.25) is 0 Å². The molecule has 3 heterocycles. The molecule has 0 bridgehead atoms. The van der Waals surface area contributed by atoms with Gasteiger partial charge >= 0.3 is 0 Å². The molecule has 1 amide bonds. The largest absolute Gasteiger partial charge is 0.338 e. The van der Waals surface area contributed by atoms with Crippen LogP contribution in [-0.2, 0) is 0 Å². The van der Waals surface area contributed by atoms with Crippen molar-refractivity contribution in [2.24, 2.45) is 0 Å². The van der Waals surface area contributed by atoms with Crippen molar-refractivity contribution in [3.05, 3.63) is 72.7 Å². The molecule has 1 aliphatic heterocycles. The van der Waals surface area contributed by atoms with Gasteiger partial charge in [0.05, 0.1) is 11.9 Å². The fraction of sp³-hybridized carbons (Fsp3) is 0.263. The van der Waals surface area contributed by atoms with E-state index in [2.05, 4.69) is 9.97 Å². The maximum absolute atomic E-state index is 12.7. The first-order valence-electron chi connectivity index (χ1n) is 8.46. The lowest BCUT2D eigenvalue weighted by molar-refractivity contribution is 0.0706. The molecule has 1 fully saturated rings. The van der Waals surface area contributed by atoms with Crippen molar-refractivity contribution in [1.29, 1.82) is 0 Å². The van der Waals surface area contributed by atoms with Crippen LogP contribution in [0.3, 0.4) is 0 Å². The van der Waals surface area contributed by atoms with Crippen LogP contribution in [0.2, 0.25) is 0 Å². The Balaban J connectivity index is 1.54. The van der Waals surface area contributed by atoms with Gasteiger partial charge < -0.3 is 4.90 Å². The fourth-order valence-corrected chi connectivity index (χ4v) is 3.25. The normalized spacial score (nSPS) is 17.4. The van der Waals surface area contributed by atoms with E-state index in [1.54, 1.807) is 18.7 Å². The number of likely N-dealkylation sites (tertiary alicyclic amines) is 1. The molecule has 0 N–H and O–H groups in total. The molecule has 0 unspecified atom stereocenters. The van der Waals surface area contributed by atoms with Crippen LogP contribution in [0.15, 0.2) is 61.4 Å². The summed E-state index contributed by atoms with van der Waals surface area (Å²) in [5.74, 6) is 1.04. The van der Waals surface area contributed by atoms with Crippen LogP contribution in [0.5, 0.6) is 0 Å². The van der Waals surface area contributed by atoms with Crippen molar-refractivity contribution >= 4 is 5.91 Å². The van der Waals surface area contributed by atoms with Crippen LogP contribution < -0.4 is 0 Å². The van der Waals surface area contributed by atoms with Gasteiger partial charge in [-0.15, -0.1) is 0 Å². The maximum atomic E-state index is 12.7. The topological polar surface area (TPSA) is 63.9 Å². The average Bonchev–Trinajstić information content (AvgIpc) is 3.23. The summed E-state index contributed by atoms with van der Waals surface area (Å²) in [5.41, 5.74) is 1.66. The Hall–Kier alpha value is -3.02. The number of imidazole rings is 1. The molecule has 0 radical (unpaired) electrons. The van der Waals surface area contributed by atoms with E-state index in [-0.39, 0.29) is 11.8 Å². The highest BCUT2D eigenvalue weighted by atomic mass is 16.2. The molecule has 2 aromatic heterocycles. The third-order valence-electron chi connectivity index (χ3n) is 4.56. The van der Waals surface area contributed by atoms with E-state index in [1.807, 2.05) is 52.2 Å². The molecule has 1 saturated heterocycles. The molecule has 1 aliphatic rings. The van der Waals surface area contributed by atoms with Gasteiger partial charge in [-0.3, -0.25) is 14.3 Å². The molecule has 126 valence electrons. The Kier molecular flexibility index (Phi) is 4.24. The standard InChI is InChI=1S/C19H19N5O/c25-19(15-5-2-1-3-6-15)23-9-4-7-16(13-23)17-11-21-12-18(22-17)24-10-8-20-14-24/h1-3,5-6,8,10-12,14,16H,4,7,9,13H2/t16-/m0/s1. The summed E-state index contributed by atoms with van der Waals surface area (Å²) in [6.07, 6.45) is 10.8. The maximum Gasteiger partial charge on any atom is 0.253 e. The lowest BCUT2D eigenvalue weighted by Gasteiger charge is -2.32. The molecule has 4 rings (SSSR count). The highest BCUT2D eigenvalue weighted by Crippen LogP contribution is 2.26. The van der Waals surface area contributed by atoms with E-state index in [4.69, 9.17) is 4.98 Å². The van der Waals surface area contributed by atoms with E-state index in [0.717, 1.165) is 36.5 Å². The van der Waals surface area contributed by atoms with Gasteiger partial charge in [-0.2, -0.15) is 0 Å². The van der Waals surface area contributed by atoms with Crippen molar-refractivity contribution < 1.29 is 4.79 Å². The van der Waals surface area contributed by atoms with Crippen molar-refractivity contribution in [1.82, 2.24) is 24.4 Å². The Labute approximate surface area is 146 Å². The third kappa shape index (κ3) is 3.28. The Morgan fingerprint density at radius 2 is 2.00 bits per heavy atom. The first-order valence-corrected chi connectivity index (χ1v) is 8.46. The minimum absolute atomic E-state index is 0.0871. The second-order valence-electron chi connectivity index (χ2n) is 6.23. The van der Waals surface area contributed by atoms with Crippen LogP contribution in [0.4, 0.5) is 0 Å². The van der Waals surface area contributed by atoms with Gasteiger partial charge in [0, 0.05) is 43.2 Å². The minimum atomic E-state index is 0.0871. The predicted octanol–water partition coefficient (Wildman–Crippen LogP) is 2.68. The zero-order valence-electron chi connectivity index (χ0n) is 13.8. The smallest absolute Gasteiger partial charge is 0.253 e. The lowest BCUT2D eigenvalue weighted by atomic mass is 9.94. The molecular weight excluding hydrogens is 314 g/mol. The van der Waals surface area contributed by atoms with Crippen molar-refractivity contribution in [3.8, 4) is 5.82 Å². The van der Waals surface area contributed by atoms with Crippen LogP contribution in [0.25, 0.3) is 5.82 Å². The number of amides is 1. The third-order valence-corrected chi connectivity index (χ3v) is 4.56. The van der Waals surface area contributed by atoms with Gasteiger partial charge in [-0.05, 0) is 25.0 Å². The summed E-state index contributed by atoms with van der Waals surface area (Å²) in [6.45, 7) is 1.47. The monoisotopic (exact) mass is 333 g/mol. The van der Waals surface area contributed by atoms with Gasteiger partial charge in [0.1, 0.15) is 6.33 Å². The van der Waals surface area contributed by atoms with Gasteiger partial charge in [0.25, 0.3) is 5.91 Å². The summed E-state index contributed by atoms with van der Waals surface area (Å²) >= 11 is 0. The van der Waals surface area contributed by atoms with Crippen molar-refractivity contribution in [2.45, 2.75) is 18.8 Å². The number of hydrogen-bond acceptors (Lipinski definition) is 4. The first kappa shape index (κ1) is 15.5. The predicted molar refractivity (Wildman–Crippen MR) is 93.5 cm³/mol. The summed E-state index contributed by atoms with van der Waals surface area (Å²) in [4.78, 5) is 27.7. The first-order chi connectivity index (χ1) is 12.3. The number of hydrogen-bond donors (Lipinski definition) is 0. The Morgan fingerprint density at radius 3 is 2.80 bits per heavy atom. The molecule has 3 aromatic rings. The number of aromatic nitrogens is 4. The SMILES string of the molecule is O=C(c1ccccc1)N1CCC[C@H](c2cncc(-n3ccnc3)n2)C1. The quantitative estimate of drug-likeness (QED) is 0.739. The number of rotatable bonds is 3. The van der Waals surface area contributed by atoms with Crippen molar-refractivity contribution in [3.63, 3.8) is 0 Å². The van der Waals surface area contributed by atoms with Crippen LogP contribution in [0, 0.1) is 0 Å². The van der Waals surface area contributed by atoms with Gasteiger partial charge in [-0.1, -0.05) is 18.2 Å². The van der Waals surface area contributed by atoms with Crippen LogP contribution in [-0.4, -0.2) is 43.4 Å². The number of benzene rings is 1. The molecule has 6 heteroatoms. The Morgan fingerprint density at radius 1 is 1.12 bits per heavy atom. The number of nitrogens with zero attached hydrogens (tertiary/aromatic N) is 5. The highest BCUT2D eigenvalue weighted by Gasteiger charge is 2.26. The minimum Gasteiger partial charge on any atom is -0.338 e. The number of carbonyl (C=O) groups excluding carboxylic acids is 1. The van der Waals surface area contributed by atoms with Gasteiger partial charge in [0.15, 0.2) is 5.82 Å². The summed E-state index contributed by atoms with van der Waals surface area (Å²) in [5, 5.41) is 0. The van der Waals surface area contributed by atoms with E-state index in [9.17, 15) is 4.79 Å². The summed E-state index contributed by atoms with van der Waals surface area (Å²) in [6, 6.07) is 9.45. The number of piperidine rings is 1. The molecule has 0 aliphatic carbocycles. The molecule has 1 aromatic carbocycles. The molecule has 0 saturated carbocycles. The van der Waals surface area contributed by atoms with Crippen LogP contribution >= 0.6 is 0 Å². The highest BCUT2D eigenvalue weighted by molar-refractivity contribution is 5.94. The van der Waals surface area contributed by atoms with Crippen molar-refractivity contribution in [2.75, 3.05) is 13.1 Å². The number of carbonyl (C=O) groups is 1. The van der Waals surface area contributed by atoms with E-state index < -0.39 is 0 Å². The fourth-order valence-electron chi connectivity index (χ4n) is 3.25. The van der Waals surface area contributed by atoms with Gasteiger partial charge in [-0.25, -0.2) is 9.97 Å². The zero-order valence-corrected chi connectivity index (χ0v) is 13.8. The lowest BCUT2D eigenvalue weighted by Crippen LogP contribution is -2.39. The average molecular weight is 333 g/mol. The second-order valence-corrected chi connectivity index (χ2v) is 6.23. The summed E-state index contributed by atoms with van der Waals surface area (Å²) in [7, 11) is 0. The van der Waals surface area contributed by atoms with E-state index in [1.165, 1.54) is 0 Å². The van der Waals surface area contributed by atoms with Crippen LogP contribution in [0.1, 0.15) is 34.8 Å². The zero-order chi connectivity index (χ0) is 17.1. The molecule has 6 nitrogen and oxygen atoms in total. The molecule has 25 heavy (non-hydrogen) atoms. The molecular formula is C19H19N5O. The second kappa shape index (κ2) is 6.84. The molecule has 0 spiro atoms.